The molecule has 1 aromatic carbocycles. The molecule has 0 radical (unpaired) electrons. The standard InChI is InChI=1S/C31H42N4O4/c36-29(35(23-27-10-6-19-38-27)22-25-7-5-15-32-21-25)24-34-17-13-31(14-18-34)12-4-3-9-26-8-1-2-11-28(26)39-20-16-33-30(31)37/h1-2,5,7-8,11,15,21,27H,3-4,6,9-10,12-14,16-20,22-24H2,(H,33,37). The van der Waals surface area contributed by atoms with Gasteiger partial charge in [-0.2, -0.15) is 0 Å². The van der Waals surface area contributed by atoms with E-state index in [1.165, 1.54) is 5.56 Å². The van der Waals surface area contributed by atoms with Crippen molar-refractivity contribution in [3.05, 3.63) is 59.9 Å². The summed E-state index contributed by atoms with van der Waals surface area (Å²) in [4.78, 5) is 35.3. The number of likely N-dealkylation sites (tertiary alicyclic amines) is 1. The number of rotatable bonds is 6. The number of amides is 2. The molecule has 1 aromatic heterocycles. The Morgan fingerprint density at radius 2 is 1.95 bits per heavy atom. The minimum Gasteiger partial charge on any atom is -0.491 e. The van der Waals surface area contributed by atoms with Crippen LogP contribution in [0, 0.1) is 5.41 Å². The second-order valence-electron chi connectivity index (χ2n) is 11.2. The molecular formula is C31H42N4O4. The fourth-order valence-electron chi connectivity index (χ4n) is 6.16. The molecule has 1 unspecified atom stereocenters. The SMILES string of the molecule is O=C(CN1CCC2(CCCCc3ccccc3OCCNC2=O)CC1)N(Cc1cccnc1)CC1CCCO1. The first-order valence-corrected chi connectivity index (χ1v) is 14.6. The predicted octanol–water partition coefficient (Wildman–Crippen LogP) is 3.59. The van der Waals surface area contributed by atoms with E-state index < -0.39 is 0 Å². The Labute approximate surface area is 232 Å². The largest absolute Gasteiger partial charge is 0.491 e. The van der Waals surface area contributed by atoms with Gasteiger partial charge in [0.1, 0.15) is 12.4 Å². The van der Waals surface area contributed by atoms with E-state index in [9.17, 15) is 9.59 Å². The van der Waals surface area contributed by atoms with Gasteiger partial charge in [-0.25, -0.2) is 0 Å². The zero-order chi connectivity index (χ0) is 26.9. The van der Waals surface area contributed by atoms with Crippen LogP contribution in [0.1, 0.15) is 56.1 Å². The maximum absolute atomic E-state index is 13.5. The number of pyridine rings is 1. The van der Waals surface area contributed by atoms with Gasteiger partial charge in [-0.3, -0.25) is 19.5 Å². The lowest BCUT2D eigenvalue weighted by atomic mass is 9.73. The summed E-state index contributed by atoms with van der Waals surface area (Å²) in [5, 5.41) is 3.16. The molecule has 39 heavy (non-hydrogen) atoms. The molecule has 1 atom stereocenters. The molecule has 3 aliphatic heterocycles. The highest BCUT2D eigenvalue weighted by molar-refractivity contribution is 5.83. The van der Waals surface area contributed by atoms with Gasteiger partial charge in [0.05, 0.1) is 24.6 Å². The predicted molar refractivity (Wildman–Crippen MR) is 149 cm³/mol. The molecule has 8 nitrogen and oxygen atoms in total. The van der Waals surface area contributed by atoms with E-state index in [0.29, 0.717) is 32.8 Å². The first-order chi connectivity index (χ1) is 19.1. The third-order valence-electron chi connectivity index (χ3n) is 8.52. The molecule has 2 fully saturated rings. The van der Waals surface area contributed by atoms with Gasteiger partial charge in [-0.05, 0) is 81.3 Å². The summed E-state index contributed by atoms with van der Waals surface area (Å²) >= 11 is 0. The van der Waals surface area contributed by atoms with Crippen LogP contribution in [0.4, 0.5) is 0 Å². The maximum Gasteiger partial charge on any atom is 0.237 e. The van der Waals surface area contributed by atoms with E-state index >= 15 is 0 Å². The van der Waals surface area contributed by atoms with Crippen molar-refractivity contribution in [1.82, 2.24) is 20.1 Å². The third kappa shape index (κ3) is 7.37. The zero-order valence-electron chi connectivity index (χ0n) is 23.0. The zero-order valence-corrected chi connectivity index (χ0v) is 23.0. The topological polar surface area (TPSA) is 84.0 Å². The number of fused-ring (bicyclic) bond motifs is 1. The van der Waals surface area contributed by atoms with Gasteiger partial charge in [-0.1, -0.05) is 30.7 Å². The number of nitrogens with one attached hydrogen (secondary N) is 1. The van der Waals surface area contributed by atoms with Crippen molar-refractivity contribution in [2.75, 3.05) is 45.9 Å². The highest BCUT2D eigenvalue weighted by atomic mass is 16.5. The molecular weight excluding hydrogens is 492 g/mol. The van der Waals surface area contributed by atoms with Crippen molar-refractivity contribution in [2.45, 2.75) is 64.0 Å². The number of hydrogen-bond acceptors (Lipinski definition) is 6. The lowest BCUT2D eigenvalue weighted by Gasteiger charge is -2.41. The molecule has 5 rings (SSSR count). The molecule has 8 heteroatoms. The van der Waals surface area contributed by atoms with Gasteiger partial charge >= 0.3 is 0 Å². The fourth-order valence-corrected chi connectivity index (χ4v) is 6.16. The minimum absolute atomic E-state index is 0.103. The van der Waals surface area contributed by atoms with Gasteiger partial charge in [0.2, 0.25) is 11.8 Å². The number of aryl methyl sites for hydroxylation is 1. The Kier molecular flexibility index (Phi) is 9.48. The number of carbonyl (C=O) groups is 2. The molecule has 1 spiro atoms. The number of benzene rings is 1. The maximum atomic E-state index is 13.5. The quantitative estimate of drug-likeness (QED) is 0.610. The average molecular weight is 535 g/mol. The first-order valence-electron chi connectivity index (χ1n) is 14.6. The van der Waals surface area contributed by atoms with Crippen LogP contribution in [0.2, 0.25) is 0 Å². The van der Waals surface area contributed by atoms with Gasteiger partial charge in [0, 0.05) is 32.1 Å². The number of hydrogen-bond donors (Lipinski definition) is 1. The summed E-state index contributed by atoms with van der Waals surface area (Å²) in [5.41, 5.74) is 1.90. The number of piperidine rings is 1. The second-order valence-corrected chi connectivity index (χ2v) is 11.2. The molecule has 0 aliphatic carbocycles. The van der Waals surface area contributed by atoms with E-state index in [2.05, 4.69) is 27.3 Å². The highest BCUT2D eigenvalue weighted by Gasteiger charge is 2.41. The van der Waals surface area contributed by atoms with Crippen molar-refractivity contribution in [3.63, 3.8) is 0 Å². The van der Waals surface area contributed by atoms with Crippen molar-refractivity contribution in [1.29, 1.82) is 0 Å². The molecule has 3 aliphatic rings. The van der Waals surface area contributed by atoms with E-state index in [4.69, 9.17) is 9.47 Å². The van der Waals surface area contributed by atoms with Gasteiger partial charge < -0.3 is 19.7 Å². The fraction of sp³-hybridized carbons (Fsp3) is 0.581. The van der Waals surface area contributed by atoms with Crippen LogP contribution in [0.5, 0.6) is 5.75 Å². The van der Waals surface area contributed by atoms with Crippen LogP contribution in [-0.4, -0.2) is 78.6 Å². The van der Waals surface area contributed by atoms with Crippen LogP contribution in [0.25, 0.3) is 0 Å². The Bertz CT molecular complexity index is 1080. The Morgan fingerprint density at radius 1 is 1.08 bits per heavy atom. The van der Waals surface area contributed by atoms with Gasteiger partial charge in [-0.15, -0.1) is 0 Å². The molecule has 2 saturated heterocycles. The number of aromatic nitrogens is 1. The van der Waals surface area contributed by atoms with Gasteiger partial charge in [0.25, 0.3) is 0 Å². The summed E-state index contributed by atoms with van der Waals surface area (Å²) in [6.07, 6.45) is 11.2. The van der Waals surface area contributed by atoms with Crippen LogP contribution in [0.15, 0.2) is 48.8 Å². The summed E-state index contributed by atoms with van der Waals surface area (Å²) < 4.78 is 11.8. The van der Waals surface area contributed by atoms with Crippen molar-refractivity contribution < 1.29 is 19.1 Å². The number of nitrogens with zero attached hydrogens (tertiary/aromatic N) is 3. The Morgan fingerprint density at radius 3 is 2.74 bits per heavy atom. The Hall–Kier alpha value is -2.97. The van der Waals surface area contributed by atoms with E-state index in [1.807, 2.05) is 35.4 Å². The van der Waals surface area contributed by atoms with Crippen molar-refractivity contribution in [2.24, 2.45) is 5.41 Å². The molecule has 2 aromatic rings. The molecule has 2 amide bonds. The normalized spacial score (nSPS) is 22.2. The molecule has 210 valence electrons. The van der Waals surface area contributed by atoms with Crippen LogP contribution in [0.3, 0.4) is 0 Å². The molecule has 4 heterocycles. The van der Waals surface area contributed by atoms with Crippen LogP contribution < -0.4 is 10.1 Å². The average Bonchev–Trinajstić information content (AvgIpc) is 3.48. The van der Waals surface area contributed by atoms with E-state index in [-0.39, 0.29) is 23.3 Å². The number of ether oxygens (including phenoxy) is 2. The number of para-hydroxylation sites is 1. The summed E-state index contributed by atoms with van der Waals surface area (Å²) in [5.74, 6) is 1.18. The van der Waals surface area contributed by atoms with Crippen LogP contribution in [-0.2, 0) is 27.3 Å². The summed E-state index contributed by atoms with van der Waals surface area (Å²) in [7, 11) is 0. The van der Waals surface area contributed by atoms with Crippen molar-refractivity contribution >= 4 is 11.8 Å². The molecule has 0 bridgehead atoms. The molecule has 0 saturated carbocycles. The monoisotopic (exact) mass is 534 g/mol. The number of carbonyl (C=O) groups excluding carboxylic acids is 2. The minimum atomic E-state index is -0.370. The third-order valence-corrected chi connectivity index (χ3v) is 8.52. The molecule has 1 N–H and O–H groups in total. The summed E-state index contributed by atoms with van der Waals surface area (Å²) in [6.45, 7) is 4.76. The van der Waals surface area contributed by atoms with Crippen molar-refractivity contribution in [3.8, 4) is 5.75 Å². The smallest absolute Gasteiger partial charge is 0.237 e. The van der Waals surface area contributed by atoms with Gasteiger partial charge in [0.15, 0.2) is 0 Å². The second kappa shape index (κ2) is 13.4. The highest BCUT2D eigenvalue weighted by Crippen LogP contribution is 2.37. The first kappa shape index (κ1) is 27.6. The lowest BCUT2D eigenvalue weighted by Crippen LogP contribution is -2.51. The van der Waals surface area contributed by atoms with E-state index in [1.54, 1.807) is 6.20 Å². The Balaban J connectivity index is 1.18. The summed E-state index contributed by atoms with van der Waals surface area (Å²) in [6, 6.07) is 12.1. The lowest BCUT2D eigenvalue weighted by molar-refractivity contribution is -0.137. The van der Waals surface area contributed by atoms with Crippen LogP contribution >= 0.6 is 0 Å². The van der Waals surface area contributed by atoms with E-state index in [0.717, 1.165) is 82.4 Å².